The number of carbonyl (C=O) groups is 2. The number of hydrogen-bond acceptors (Lipinski definition) is 2. The van der Waals surface area contributed by atoms with Gasteiger partial charge in [-0.1, -0.05) is 42.0 Å². The Morgan fingerprint density at radius 2 is 1.73 bits per heavy atom. The summed E-state index contributed by atoms with van der Waals surface area (Å²) in [6.45, 7) is 3.05. The minimum absolute atomic E-state index is 0.00673. The van der Waals surface area contributed by atoms with E-state index < -0.39 is 5.82 Å². The summed E-state index contributed by atoms with van der Waals surface area (Å²) in [7, 11) is 0. The summed E-state index contributed by atoms with van der Waals surface area (Å²) >= 11 is 0. The molecular formula is C21H23FN2O2. The first-order valence-electron chi connectivity index (χ1n) is 8.91. The van der Waals surface area contributed by atoms with Crippen molar-refractivity contribution >= 4 is 11.8 Å². The molecule has 0 atom stereocenters. The molecule has 0 aliphatic carbocycles. The molecule has 0 bridgehead atoms. The van der Waals surface area contributed by atoms with Crippen molar-refractivity contribution in [3.63, 3.8) is 0 Å². The second-order valence-corrected chi connectivity index (χ2v) is 6.78. The van der Waals surface area contributed by atoms with Crippen LogP contribution in [0, 0.1) is 12.7 Å². The molecule has 26 heavy (non-hydrogen) atoms. The molecule has 3 rings (SSSR count). The van der Waals surface area contributed by atoms with E-state index in [0.29, 0.717) is 32.4 Å². The molecule has 2 aromatic rings. The number of nitrogens with zero attached hydrogens (tertiary/aromatic N) is 1. The van der Waals surface area contributed by atoms with Gasteiger partial charge in [0, 0.05) is 19.1 Å². The molecule has 0 radical (unpaired) electrons. The molecule has 2 aromatic carbocycles. The standard InChI is InChI=1S/C21H23FN2O2/c1-15-6-8-16(9-7-15)14-20(25)23-17-10-12-24(13-11-17)21(26)18-4-2-3-5-19(18)22/h2-9,17H,10-14H2,1H3,(H,23,25). The Morgan fingerprint density at radius 1 is 1.08 bits per heavy atom. The van der Waals surface area contributed by atoms with Gasteiger partial charge in [-0.2, -0.15) is 0 Å². The molecular weight excluding hydrogens is 331 g/mol. The number of amides is 2. The van der Waals surface area contributed by atoms with Crippen LogP contribution in [0.2, 0.25) is 0 Å². The molecule has 1 saturated heterocycles. The minimum atomic E-state index is -0.494. The van der Waals surface area contributed by atoms with Crippen LogP contribution in [0.15, 0.2) is 48.5 Å². The van der Waals surface area contributed by atoms with Gasteiger partial charge in [-0.15, -0.1) is 0 Å². The quantitative estimate of drug-likeness (QED) is 0.917. The molecule has 1 N–H and O–H groups in total. The highest BCUT2D eigenvalue weighted by Gasteiger charge is 2.25. The van der Waals surface area contributed by atoms with Gasteiger partial charge in [0.2, 0.25) is 5.91 Å². The van der Waals surface area contributed by atoms with Crippen LogP contribution in [-0.2, 0) is 11.2 Å². The number of rotatable bonds is 4. The van der Waals surface area contributed by atoms with Gasteiger partial charge in [-0.25, -0.2) is 4.39 Å². The summed E-state index contributed by atoms with van der Waals surface area (Å²) in [6.07, 6.45) is 1.72. The Labute approximate surface area is 153 Å². The zero-order valence-electron chi connectivity index (χ0n) is 14.9. The molecule has 1 fully saturated rings. The zero-order valence-corrected chi connectivity index (χ0v) is 14.9. The molecule has 0 saturated carbocycles. The predicted molar refractivity (Wildman–Crippen MR) is 98.4 cm³/mol. The average molecular weight is 354 g/mol. The number of benzene rings is 2. The number of nitrogens with one attached hydrogen (secondary N) is 1. The fourth-order valence-electron chi connectivity index (χ4n) is 3.20. The SMILES string of the molecule is Cc1ccc(CC(=O)NC2CCN(C(=O)c3ccccc3F)CC2)cc1. The number of aryl methyl sites for hydroxylation is 1. The molecule has 0 spiro atoms. The van der Waals surface area contributed by atoms with E-state index in [9.17, 15) is 14.0 Å². The fraction of sp³-hybridized carbons (Fsp3) is 0.333. The molecule has 136 valence electrons. The van der Waals surface area contributed by atoms with Crippen molar-refractivity contribution in [2.75, 3.05) is 13.1 Å². The van der Waals surface area contributed by atoms with Crippen LogP contribution in [0.4, 0.5) is 4.39 Å². The number of hydrogen-bond donors (Lipinski definition) is 1. The Morgan fingerprint density at radius 3 is 2.38 bits per heavy atom. The number of piperidine rings is 1. The van der Waals surface area contributed by atoms with E-state index in [1.807, 2.05) is 31.2 Å². The Hall–Kier alpha value is -2.69. The van der Waals surface area contributed by atoms with E-state index in [0.717, 1.165) is 5.56 Å². The number of likely N-dealkylation sites (tertiary alicyclic amines) is 1. The first kappa shape index (κ1) is 18.1. The smallest absolute Gasteiger partial charge is 0.256 e. The van der Waals surface area contributed by atoms with E-state index in [2.05, 4.69) is 5.32 Å². The lowest BCUT2D eigenvalue weighted by Crippen LogP contribution is -2.47. The van der Waals surface area contributed by atoms with Crippen LogP contribution < -0.4 is 5.32 Å². The highest BCUT2D eigenvalue weighted by molar-refractivity contribution is 5.94. The van der Waals surface area contributed by atoms with Gasteiger partial charge in [0.1, 0.15) is 5.82 Å². The second-order valence-electron chi connectivity index (χ2n) is 6.78. The largest absolute Gasteiger partial charge is 0.353 e. The Kier molecular flexibility index (Phi) is 5.66. The molecule has 1 aliphatic rings. The topological polar surface area (TPSA) is 49.4 Å². The molecule has 2 amide bonds. The van der Waals surface area contributed by atoms with Gasteiger partial charge >= 0.3 is 0 Å². The van der Waals surface area contributed by atoms with Crippen LogP contribution in [0.5, 0.6) is 0 Å². The van der Waals surface area contributed by atoms with Gasteiger partial charge in [0.15, 0.2) is 0 Å². The minimum Gasteiger partial charge on any atom is -0.353 e. The lowest BCUT2D eigenvalue weighted by atomic mass is 10.0. The third-order valence-corrected chi connectivity index (χ3v) is 4.74. The fourth-order valence-corrected chi connectivity index (χ4v) is 3.20. The van der Waals surface area contributed by atoms with E-state index >= 15 is 0 Å². The van der Waals surface area contributed by atoms with E-state index in [-0.39, 0.29) is 23.4 Å². The van der Waals surface area contributed by atoms with Crippen molar-refractivity contribution in [3.05, 3.63) is 71.0 Å². The van der Waals surface area contributed by atoms with E-state index in [4.69, 9.17) is 0 Å². The van der Waals surface area contributed by atoms with Crippen LogP contribution in [-0.4, -0.2) is 35.8 Å². The Balaban J connectivity index is 1.49. The molecule has 4 nitrogen and oxygen atoms in total. The summed E-state index contributed by atoms with van der Waals surface area (Å²) in [5.41, 5.74) is 2.26. The lowest BCUT2D eigenvalue weighted by molar-refractivity contribution is -0.121. The van der Waals surface area contributed by atoms with Crippen molar-refractivity contribution in [1.29, 1.82) is 0 Å². The summed E-state index contributed by atoms with van der Waals surface area (Å²) in [4.78, 5) is 26.3. The van der Waals surface area contributed by atoms with Gasteiger partial charge in [-0.3, -0.25) is 9.59 Å². The van der Waals surface area contributed by atoms with Gasteiger partial charge in [-0.05, 0) is 37.5 Å². The molecule has 1 heterocycles. The van der Waals surface area contributed by atoms with Crippen LogP contribution in [0.25, 0.3) is 0 Å². The second kappa shape index (κ2) is 8.13. The average Bonchev–Trinajstić information content (AvgIpc) is 2.64. The summed E-state index contributed by atoms with van der Waals surface area (Å²) in [5.74, 6) is -0.786. The normalized spacial score (nSPS) is 14.9. The molecule has 1 aliphatic heterocycles. The number of carbonyl (C=O) groups excluding carboxylic acids is 2. The predicted octanol–water partition coefficient (Wildman–Crippen LogP) is 3.10. The maximum Gasteiger partial charge on any atom is 0.256 e. The van der Waals surface area contributed by atoms with Crippen molar-refractivity contribution < 1.29 is 14.0 Å². The van der Waals surface area contributed by atoms with E-state index in [1.54, 1.807) is 17.0 Å². The molecule has 5 heteroatoms. The highest BCUT2D eigenvalue weighted by Crippen LogP contribution is 2.16. The number of halogens is 1. The maximum atomic E-state index is 13.8. The van der Waals surface area contributed by atoms with Crippen molar-refractivity contribution in [3.8, 4) is 0 Å². The summed E-state index contributed by atoms with van der Waals surface area (Å²) in [6, 6.07) is 14.0. The van der Waals surface area contributed by atoms with Crippen LogP contribution in [0.1, 0.15) is 34.3 Å². The van der Waals surface area contributed by atoms with Gasteiger partial charge in [0.25, 0.3) is 5.91 Å². The zero-order chi connectivity index (χ0) is 18.5. The van der Waals surface area contributed by atoms with Crippen LogP contribution in [0.3, 0.4) is 0 Å². The summed E-state index contributed by atoms with van der Waals surface area (Å²) < 4.78 is 13.8. The first-order valence-corrected chi connectivity index (χ1v) is 8.91. The molecule has 0 unspecified atom stereocenters. The van der Waals surface area contributed by atoms with Crippen LogP contribution >= 0.6 is 0 Å². The van der Waals surface area contributed by atoms with Crippen molar-refractivity contribution in [1.82, 2.24) is 10.2 Å². The molecule has 0 aromatic heterocycles. The Bertz CT molecular complexity index is 781. The van der Waals surface area contributed by atoms with E-state index in [1.165, 1.54) is 17.7 Å². The summed E-state index contributed by atoms with van der Waals surface area (Å²) in [5, 5.41) is 3.04. The van der Waals surface area contributed by atoms with Gasteiger partial charge < -0.3 is 10.2 Å². The first-order chi connectivity index (χ1) is 12.5. The lowest BCUT2D eigenvalue weighted by Gasteiger charge is -2.32. The third kappa shape index (κ3) is 4.48. The monoisotopic (exact) mass is 354 g/mol. The highest BCUT2D eigenvalue weighted by atomic mass is 19.1. The maximum absolute atomic E-state index is 13.8. The van der Waals surface area contributed by atoms with Crippen molar-refractivity contribution in [2.24, 2.45) is 0 Å². The van der Waals surface area contributed by atoms with Gasteiger partial charge in [0.05, 0.1) is 12.0 Å². The third-order valence-electron chi connectivity index (χ3n) is 4.74. The van der Waals surface area contributed by atoms with Crippen molar-refractivity contribution in [2.45, 2.75) is 32.2 Å².